The van der Waals surface area contributed by atoms with Gasteiger partial charge in [0.25, 0.3) is 0 Å². The van der Waals surface area contributed by atoms with Gasteiger partial charge in [0.05, 0.1) is 6.54 Å². The van der Waals surface area contributed by atoms with Gasteiger partial charge in [0, 0.05) is 18.1 Å². The predicted molar refractivity (Wildman–Crippen MR) is 122 cm³/mol. The second kappa shape index (κ2) is 9.09. The molecule has 2 aromatic carbocycles. The fourth-order valence-electron chi connectivity index (χ4n) is 3.18. The number of ether oxygens (including phenoxy) is 1. The Kier molecular flexibility index (Phi) is 5.52. The number of imidazole rings is 1. The molecule has 3 aromatic heterocycles. The van der Waals surface area contributed by atoms with Gasteiger partial charge < -0.3 is 10.1 Å². The first-order chi connectivity index (χ1) is 15.9. The molecular weight excluding hydrogens is 404 g/mol. The lowest BCUT2D eigenvalue weighted by atomic mass is 10.3. The normalized spacial score (nSPS) is 10.8. The highest BCUT2D eigenvalue weighted by Crippen LogP contribution is 2.24. The van der Waals surface area contributed by atoms with Crippen LogP contribution >= 0.6 is 0 Å². The monoisotopic (exact) mass is 424 g/mol. The van der Waals surface area contributed by atoms with Crippen LogP contribution in [-0.4, -0.2) is 42.6 Å². The number of nitrogens with zero attached hydrogens (tertiary/aromatic N) is 6. The van der Waals surface area contributed by atoms with Crippen LogP contribution in [0.4, 0.5) is 17.7 Å². The third kappa shape index (κ3) is 4.31. The predicted octanol–water partition coefficient (Wildman–Crippen LogP) is 3.84. The van der Waals surface area contributed by atoms with Crippen LogP contribution in [0.3, 0.4) is 0 Å². The molecule has 0 fully saturated rings. The molecule has 0 amide bonds. The highest BCUT2D eigenvalue weighted by atomic mass is 16.5. The lowest BCUT2D eigenvalue weighted by Crippen LogP contribution is -2.14. The Hall–Kier alpha value is -4.53. The van der Waals surface area contributed by atoms with Gasteiger partial charge in [-0.25, -0.2) is 15.0 Å². The van der Waals surface area contributed by atoms with E-state index in [-0.39, 0.29) is 0 Å². The maximum absolute atomic E-state index is 5.77. The van der Waals surface area contributed by atoms with Crippen molar-refractivity contribution in [1.29, 1.82) is 0 Å². The third-order valence-electron chi connectivity index (χ3n) is 4.63. The first-order valence-corrected chi connectivity index (χ1v) is 10.1. The Morgan fingerprint density at radius 3 is 2.31 bits per heavy atom. The van der Waals surface area contributed by atoms with Gasteiger partial charge in [-0.05, 0) is 30.3 Å². The molecule has 3 heterocycles. The maximum Gasteiger partial charge on any atom is 0.233 e. The molecule has 5 aromatic rings. The minimum atomic E-state index is 0.368. The molecule has 0 aliphatic carbocycles. The molecule has 0 aliphatic rings. The van der Waals surface area contributed by atoms with E-state index in [0.29, 0.717) is 42.0 Å². The van der Waals surface area contributed by atoms with Crippen molar-refractivity contribution >= 4 is 28.9 Å². The summed E-state index contributed by atoms with van der Waals surface area (Å²) in [6.45, 7) is 1.01. The van der Waals surface area contributed by atoms with Gasteiger partial charge in [-0.3, -0.25) is 9.88 Å². The van der Waals surface area contributed by atoms with Crippen molar-refractivity contribution in [1.82, 2.24) is 29.5 Å². The van der Waals surface area contributed by atoms with Gasteiger partial charge in [0.2, 0.25) is 11.9 Å². The number of benzene rings is 2. The smallest absolute Gasteiger partial charge is 0.233 e. The molecule has 32 heavy (non-hydrogen) atoms. The minimum Gasteiger partial charge on any atom is -0.492 e. The molecule has 9 nitrogen and oxygen atoms in total. The van der Waals surface area contributed by atoms with E-state index >= 15 is 0 Å². The molecule has 2 N–H and O–H groups in total. The molecule has 0 aliphatic heterocycles. The van der Waals surface area contributed by atoms with E-state index in [2.05, 4.69) is 35.6 Å². The van der Waals surface area contributed by atoms with E-state index in [1.165, 1.54) is 0 Å². The second-order valence-electron chi connectivity index (χ2n) is 6.80. The number of para-hydroxylation sites is 2. The third-order valence-corrected chi connectivity index (χ3v) is 4.63. The van der Waals surface area contributed by atoms with E-state index in [1.807, 2.05) is 65.2 Å². The minimum absolute atomic E-state index is 0.368. The summed E-state index contributed by atoms with van der Waals surface area (Å²) in [5, 5.41) is 6.38. The summed E-state index contributed by atoms with van der Waals surface area (Å²) < 4.78 is 7.69. The summed E-state index contributed by atoms with van der Waals surface area (Å²) in [6.07, 6.45) is 5.05. The second-order valence-corrected chi connectivity index (χ2v) is 6.80. The molecule has 0 bridgehead atoms. The highest BCUT2D eigenvalue weighted by molar-refractivity contribution is 5.85. The molecule has 158 valence electrons. The molecule has 0 saturated carbocycles. The van der Waals surface area contributed by atoms with Gasteiger partial charge in [0.1, 0.15) is 18.7 Å². The van der Waals surface area contributed by atoms with Crippen molar-refractivity contribution in [3.05, 3.63) is 85.5 Å². The van der Waals surface area contributed by atoms with Crippen LogP contribution in [0.25, 0.3) is 16.9 Å². The standard InChI is InChI=1S/C23H20N8O/c1-3-8-17(9-4-1)31-16-27-19-20(24-14-15-32-18-10-5-2-6-11-18)28-23(29-21(19)31)30-22-25-12-7-13-26-22/h1-13,16H,14-15H2,(H2,24,25,26,28,29,30). The van der Waals surface area contributed by atoms with Crippen LogP contribution in [0, 0.1) is 0 Å². The number of fused-ring (bicyclic) bond motifs is 1. The number of hydrogen-bond donors (Lipinski definition) is 2. The number of nitrogens with one attached hydrogen (secondary N) is 2. The summed E-state index contributed by atoms with van der Waals surface area (Å²) in [4.78, 5) is 22.2. The summed E-state index contributed by atoms with van der Waals surface area (Å²) >= 11 is 0. The molecule has 0 unspecified atom stereocenters. The Balaban J connectivity index is 1.44. The number of rotatable bonds is 8. The Bertz CT molecular complexity index is 1290. The zero-order valence-corrected chi connectivity index (χ0v) is 17.1. The van der Waals surface area contributed by atoms with Gasteiger partial charge in [-0.1, -0.05) is 36.4 Å². The van der Waals surface area contributed by atoms with Crippen molar-refractivity contribution in [2.45, 2.75) is 0 Å². The largest absolute Gasteiger partial charge is 0.492 e. The summed E-state index contributed by atoms with van der Waals surface area (Å²) in [5.41, 5.74) is 2.28. The molecule has 9 heteroatoms. The average Bonchev–Trinajstić information content (AvgIpc) is 3.28. The average molecular weight is 424 g/mol. The molecular formula is C23H20N8O. The summed E-state index contributed by atoms with van der Waals surface area (Å²) in [5.74, 6) is 2.20. The molecule has 0 atom stereocenters. The number of hydrogen-bond acceptors (Lipinski definition) is 8. The van der Waals surface area contributed by atoms with E-state index in [1.54, 1.807) is 24.8 Å². The quantitative estimate of drug-likeness (QED) is 0.362. The number of aromatic nitrogens is 6. The van der Waals surface area contributed by atoms with Crippen LogP contribution in [0.5, 0.6) is 5.75 Å². The zero-order chi connectivity index (χ0) is 21.6. The molecule has 5 rings (SSSR count). The van der Waals surface area contributed by atoms with Crippen LogP contribution in [0.1, 0.15) is 0 Å². The summed E-state index contributed by atoms with van der Waals surface area (Å²) in [7, 11) is 0. The van der Waals surface area contributed by atoms with Gasteiger partial charge in [-0.2, -0.15) is 9.97 Å². The zero-order valence-electron chi connectivity index (χ0n) is 17.1. The van der Waals surface area contributed by atoms with Crippen LogP contribution in [-0.2, 0) is 0 Å². The lowest BCUT2D eigenvalue weighted by Gasteiger charge is -2.11. The topological polar surface area (TPSA) is 103 Å². The van der Waals surface area contributed by atoms with Crippen molar-refractivity contribution in [3.63, 3.8) is 0 Å². The summed E-state index contributed by atoms with van der Waals surface area (Å²) in [6, 6.07) is 21.3. The fraction of sp³-hybridized carbons (Fsp3) is 0.0870. The van der Waals surface area contributed by atoms with Crippen LogP contribution in [0.2, 0.25) is 0 Å². The van der Waals surface area contributed by atoms with Crippen molar-refractivity contribution < 1.29 is 4.74 Å². The number of anilines is 3. The van der Waals surface area contributed by atoms with Gasteiger partial charge in [0.15, 0.2) is 17.0 Å². The molecule has 0 radical (unpaired) electrons. The highest BCUT2D eigenvalue weighted by Gasteiger charge is 2.15. The Morgan fingerprint density at radius 2 is 1.53 bits per heavy atom. The SMILES string of the molecule is c1ccc(OCCNc2nc(Nc3ncccn3)nc3c2ncn3-c2ccccc2)cc1. The first-order valence-electron chi connectivity index (χ1n) is 10.1. The lowest BCUT2D eigenvalue weighted by molar-refractivity contribution is 0.333. The van der Waals surface area contributed by atoms with Gasteiger partial charge in [-0.15, -0.1) is 0 Å². The van der Waals surface area contributed by atoms with Crippen molar-refractivity contribution in [2.75, 3.05) is 23.8 Å². The molecule has 0 spiro atoms. The van der Waals surface area contributed by atoms with Crippen LogP contribution < -0.4 is 15.4 Å². The fourth-order valence-corrected chi connectivity index (χ4v) is 3.18. The van der Waals surface area contributed by atoms with Crippen LogP contribution in [0.15, 0.2) is 85.5 Å². The van der Waals surface area contributed by atoms with E-state index < -0.39 is 0 Å². The van der Waals surface area contributed by atoms with Crippen molar-refractivity contribution in [3.8, 4) is 11.4 Å². The molecule has 0 saturated heterocycles. The van der Waals surface area contributed by atoms with E-state index in [0.717, 1.165) is 11.4 Å². The van der Waals surface area contributed by atoms with Gasteiger partial charge >= 0.3 is 0 Å². The van der Waals surface area contributed by atoms with Crippen molar-refractivity contribution in [2.24, 2.45) is 0 Å². The Labute approximate surface area is 184 Å². The first kappa shape index (κ1) is 19.4. The van der Waals surface area contributed by atoms with E-state index in [9.17, 15) is 0 Å². The van der Waals surface area contributed by atoms with E-state index in [4.69, 9.17) is 4.74 Å². The maximum atomic E-state index is 5.77. The Morgan fingerprint density at radius 1 is 0.781 bits per heavy atom.